The molecule has 0 N–H and O–H groups in total. The predicted octanol–water partition coefficient (Wildman–Crippen LogP) is 3.71. The highest BCUT2D eigenvalue weighted by molar-refractivity contribution is 6.05. The van der Waals surface area contributed by atoms with Crippen LogP contribution < -0.4 is 23.7 Å². The van der Waals surface area contributed by atoms with Crippen molar-refractivity contribution in [2.24, 2.45) is 0 Å². The Hall–Kier alpha value is -3.61. The molecular formula is C22H22O7. The van der Waals surface area contributed by atoms with Gasteiger partial charge in [-0.2, -0.15) is 0 Å². The molecule has 1 aliphatic rings. The van der Waals surface area contributed by atoms with Gasteiger partial charge in [0.25, 0.3) is 0 Å². The zero-order chi connectivity index (χ0) is 21.0. The minimum absolute atomic E-state index is 0.393. The van der Waals surface area contributed by atoms with E-state index in [1.54, 1.807) is 56.7 Å². The van der Waals surface area contributed by atoms with E-state index >= 15 is 0 Å². The smallest absolute Gasteiger partial charge is 0.343 e. The van der Waals surface area contributed by atoms with Crippen LogP contribution in [-0.4, -0.2) is 41.5 Å². The Kier molecular flexibility index (Phi) is 5.97. The van der Waals surface area contributed by atoms with Gasteiger partial charge in [-0.25, -0.2) is 4.79 Å². The maximum Gasteiger partial charge on any atom is 0.343 e. The summed E-state index contributed by atoms with van der Waals surface area (Å²) < 4.78 is 32.0. The summed E-state index contributed by atoms with van der Waals surface area (Å²) >= 11 is 0. The maximum absolute atomic E-state index is 12.4. The lowest BCUT2D eigenvalue weighted by molar-refractivity contribution is -0.130. The molecule has 1 aliphatic heterocycles. The predicted molar refractivity (Wildman–Crippen MR) is 108 cm³/mol. The van der Waals surface area contributed by atoms with Crippen molar-refractivity contribution >= 4 is 17.8 Å². The van der Waals surface area contributed by atoms with Gasteiger partial charge in [0.1, 0.15) is 5.76 Å². The summed E-state index contributed by atoms with van der Waals surface area (Å²) in [5, 5.41) is 0. The van der Waals surface area contributed by atoms with E-state index in [2.05, 4.69) is 0 Å². The summed E-state index contributed by atoms with van der Waals surface area (Å²) in [7, 11) is 7.71. The maximum atomic E-state index is 12.4. The second kappa shape index (κ2) is 8.60. The van der Waals surface area contributed by atoms with Crippen LogP contribution >= 0.6 is 0 Å². The average molecular weight is 398 g/mol. The Morgan fingerprint density at radius 1 is 0.759 bits per heavy atom. The second-order valence-electron chi connectivity index (χ2n) is 6.03. The number of hydrogen-bond acceptors (Lipinski definition) is 7. The van der Waals surface area contributed by atoms with Crippen molar-refractivity contribution in [3.63, 3.8) is 0 Å². The van der Waals surface area contributed by atoms with Crippen LogP contribution in [0.15, 0.2) is 42.0 Å². The molecule has 152 valence electrons. The van der Waals surface area contributed by atoms with Crippen molar-refractivity contribution in [1.29, 1.82) is 0 Å². The Labute approximate surface area is 169 Å². The zero-order valence-corrected chi connectivity index (χ0v) is 16.9. The van der Waals surface area contributed by atoms with E-state index < -0.39 is 5.97 Å². The van der Waals surface area contributed by atoms with E-state index in [4.69, 9.17) is 28.4 Å². The summed E-state index contributed by atoms with van der Waals surface area (Å²) in [6.07, 6.45) is 3.37. The first-order chi connectivity index (χ1) is 14.0. The quantitative estimate of drug-likeness (QED) is 0.520. The highest BCUT2D eigenvalue weighted by Gasteiger charge is 2.23. The lowest BCUT2D eigenvalue weighted by atomic mass is 10.1. The van der Waals surface area contributed by atoms with E-state index in [1.807, 2.05) is 0 Å². The van der Waals surface area contributed by atoms with Crippen LogP contribution in [0.2, 0.25) is 0 Å². The van der Waals surface area contributed by atoms with Gasteiger partial charge in [-0.1, -0.05) is 0 Å². The molecular weight excluding hydrogens is 376 g/mol. The van der Waals surface area contributed by atoms with Gasteiger partial charge in [0.05, 0.1) is 41.1 Å². The minimum Gasteiger partial charge on any atom is -0.493 e. The summed E-state index contributed by atoms with van der Waals surface area (Å²) in [5.41, 5.74) is 1.80. The second-order valence-corrected chi connectivity index (χ2v) is 6.03. The van der Waals surface area contributed by atoms with E-state index in [-0.39, 0.29) is 0 Å². The number of carbonyl (C=O) groups excluding carboxylic acids is 1. The van der Waals surface area contributed by atoms with Crippen molar-refractivity contribution in [2.45, 2.75) is 0 Å². The Morgan fingerprint density at radius 2 is 1.38 bits per heavy atom. The van der Waals surface area contributed by atoms with Gasteiger partial charge in [0.2, 0.25) is 5.75 Å². The van der Waals surface area contributed by atoms with Crippen LogP contribution in [0.1, 0.15) is 11.1 Å². The fraction of sp³-hybridized carbons (Fsp3) is 0.227. The third-order valence-corrected chi connectivity index (χ3v) is 4.40. The van der Waals surface area contributed by atoms with E-state index in [0.717, 1.165) is 0 Å². The third-order valence-electron chi connectivity index (χ3n) is 4.40. The molecule has 29 heavy (non-hydrogen) atoms. The van der Waals surface area contributed by atoms with Gasteiger partial charge in [-0.15, -0.1) is 0 Å². The summed E-state index contributed by atoms with van der Waals surface area (Å²) in [4.78, 5) is 12.4. The van der Waals surface area contributed by atoms with Gasteiger partial charge in [-0.05, 0) is 48.0 Å². The van der Waals surface area contributed by atoms with Gasteiger partial charge in [0, 0.05) is 5.56 Å². The van der Waals surface area contributed by atoms with Crippen molar-refractivity contribution in [3.8, 4) is 28.7 Å². The molecule has 0 unspecified atom stereocenters. The molecule has 7 heteroatoms. The van der Waals surface area contributed by atoms with Crippen molar-refractivity contribution < 1.29 is 33.2 Å². The molecule has 7 nitrogen and oxygen atoms in total. The molecule has 0 aromatic heterocycles. The molecule has 0 aliphatic carbocycles. The number of benzene rings is 2. The number of methoxy groups -OCH3 is 5. The standard InChI is InChI=1S/C22H22O7/c1-24-16-7-6-14(11-18(16)25-2)17-12-15(22(23)29-17)8-13-9-19(26-3)21(28-5)20(10-13)27-4/h6-12H,1-5H3/b15-8-. The first-order valence-electron chi connectivity index (χ1n) is 8.72. The van der Waals surface area contributed by atoms with Gasteiger partial charge < -0.3 is 28.4 Å². The Balaban J connectivity index is 1.99. The first-order valence-corrected chi connectivity index (χ1v) is 8.72. The lowest BCUT2D eigenvalue weighted by Gasteiger charge is -2.12. The van der Waals surface area contributed by atoms with Crippen molar-refractivity contribution in [1.82, 2.24) is 0 Å². The van der Waals surface area contributed by atoms with E-state index in [9.17, 15) is 4.79 Å². The molecule has 0 fully saturated rings. The highest BCUT2D eigenvalue weighted by Crippen LogP contribution is 2.39. The Morgan fingerprint density at radius 3 is 1.93 bits per heavy atom. The Bertz CT molecular complexity index is 964. The number of rotatable bonds is 7. The number of cyclic esters (lactones) is 1. The summed E-state index contributed by atoms with van der Waals surface area (Å²) in [5.74, 6) is 2.58. The first kappa shape index (κ1) is 20.1. The molecule has 0 bridgehead atoms. The third kappa shape index (κ3) is 3.99. The molecule has 1 heterocycles. The topological polar surface area (TPSA) is 72.5 Å². The summed E-state index contributed by atoms with van der Waals surface area (Å²) in [6, 6.07) is 8.81. The molecule has 0 saturated heterocycles. The van der Waals surface area contributed by atoms with Crippen LogP contribution in [0.25, 0.3) is 11.8 Å². The largest absolute Gasteiger partial charge is 0.493 e. The number of hydrogen-bond donors (Lipinski definition) is 0. The number of carbonyl (C=O) groups is 1. The molecule has 2 aromatic rings. The fourth-order valence-electron chi connectivity index (χ4n) is 2.99. The monoisotopic (exact) mass is 398 g/mol. The molecule has 0 atom stereocenters. The van der Waals surface area contributed by atoms with Crippen molar-refractivity contribution in [2.75, 3.05) is 35.5 Å². The van der Waals surface area contributed by atoms with Gasteiger partial charge >= 0.3 is 5.97 Å². The molecule has 2 aromatic carbocycles. The van der Waals surface area contributed by atoms with Crippen LogP contribution in [0.4, 0.5) is 0 Å². The molecule has 3 rings (SSSR count). The zero-order valence-electron chi connectivity index (χ0n) is 16.9. The molecule has 0 saturated carbocycles. The SMILES string of the molecule is COc1ccc(C2=C/C(=C/c3cc(OC)c(OC)c(OC)c3)C(=O)O2)cc1OC. The van der Waals surface area contributed by atoms with Crippen molar-refractivity contribution in [3.05, 3.63) is 53.1 Å². The highest BCUT2D eigenvalue weighted by atomic mass is 16.5. The molecule has 0 spiro atoms. The van der Waals surface area contributed by atoms with E-state index in [1.165, 1.54) is 21.3 Å². The average Bonchev–Trinajstić information content (AvgIpc) is 3.12. The number of esters is 1. The van der Waals surface area contributed by atoms with Crippen LogP contribution in [-0.2, 0) is 9.53 Å². The van der Waals surface area contributed by atoms with Crippen LogP contribution in [0, 0.1) is 0 Å². The fourth-order valence-corrected chi connectivity index (χ4v) is 2.99. The molecule has 0 amide bonds. The van der Waals surface area contributed by atoms with Gasteiger partial charge in [0.15, 0.2) is 23.0 Å². The van der Waals surface area contributed by atoms with E-state index in [0.29, 0.717) is 51.2 Å². The summed E-state index contributed by atoms with van der Waals surface area (Å²) in [6.45, 7) is 0. The minimum atomic E-state index is -0.455. The lowest BCUT2D eigenvalue weighted by Crippen LogP contribution is -1.99. The molecule has 0 radical (unpaired) electrons. The normalized spacial score (nSPS) is 14.3. The van der Waals surface area contributed by atoms with Crippen LogP contribution in [0.5, 0.6) is 28.7 Å². The number of ether oxygens (including phenoxy) is 6. The van der Waals surface area contributed by atoms with Crippen LogP contribution in [0.3, 0.4) is 0 Å². The van der Waals surface area contributed by atoms with Gasteiger partial charge in [-0.3, -0.25) is 0 Å².